The largest absolute Gasteiger partial charge is 0.366 e. The number of hydrogen-bond acceptors (Lipinski definition) is 4. The Morgan fingerprint density at radius 1 is 1.04 bits per heavy atom. The van der Waals surface area contributed by atoms with E-state index >= 15 is 0 Å². The highest BCUT2D eigenvalue weighted by Gasteiger charge is 2.17. The van der Waals surface area contributed by atoms with Crippen molar-refractivity contribution < 1.29 is 18.0 Å². The average Bonchev–Trinajstić information content (AvgIpc) is 2.68. The lowest BCUT2D eigenvalue weighted by molar-refractivity contribution is 0.102. The van der Waals surface area contributed by atoms with E-state index in [1.165, 1.54) is 12.4 Å². The van der Waals surface area contributed by atoms with Crippen molar-refractivity contribution in [2.24, 2.45) is 0 Å². The normalized spacial score (nSPS) is 10.5. The molecule has 5 nitrogen and oxygen atoms in total. The van der Waals surface area contributed by atoms with Crippen molar-refractivity contribution in [2.45, 2.75) is 13.5 Å². The summed E-state index contributed by atoms with van der Waals surface area (Å²) in [5.74, 6) is -4.85. The van der Waals surface area contributed by atoms with Crippen molar-refractivity contribution in [1.29, 1.82) is 0 Å². The fourth-order valence-corrected chi connectivity index (χ4v) is 2.38. The van der Waals surface area contributed by atoms with Gasteiger partial charge in [-0.1, -0.05) is 24.3 Å². The van der Waals surface area contributed by atoms with Gasteiger partial charge in [0.1, 0.15) is 17.8 Å². The molecule has 0 unspecified atom stereocenters. The van der Waals surface area contributed by atoms with Crippen LogP contribution in [0.3, 0.4) is 0 Å². The molecule has 0 bridgehead atoms. The summed E-state index contributed by atoms with van der Waals surface area (Å²) in [4.78, 5) is 20.1. The van der Waals surface area contributed by atoms with Crippen LogP contribution in [0.5, 0.6) is 0 Å². The number of rotatable bonds is 5. The van der Waals surface area contributed by atoms with Crippen LogP contribution in [0.4, 0.5) is 24.7 Å². The molecule has 2 aromatic carbocycles. The van der Waals surface area contributed by atoms with E-state index in [2.05, 4.69) is 20.6 Å². The zero-order chi connectivity index (χ0) is 19.4. The number of nitrogens with zero attached hydrogens (tertiary/aromatic N) is 2. The molecular formula is C19H15F3N4O. The minimum absolute atomic E-state index is 0.0542. The Balaban J connectivity index is 1.72. The van der Waals surface area contributed by atoms with Crippen LogP contribution < -0.4 is 10.6 Å². The number of aryl methyl sites for hydroxylation is 1. The third-order valence-corrected chi connectivity index (χ3v) is 3.90. The smallest absolute Gasteiger partial charge is 0.274 e. The van der Waals surface area contributed by atoms with Crippen molar-refractivity contribution in [2.75, 3.05) is 10.6 Å². The minimum atomic E-state index is -1.66. The predicted molar refractivity (Wildman–Crippen MR) is 94.8 cm³/mol. The Hall–Kier alpha value is -3.42. The molecule has 0 aliphatic rings. The quantitative estimate of drug-likeness (QED) is 0.663. The number of hydrogen-bond donors (Lipinski definition) is 2. The molecule has 3 rings (SSSR count). The number of anilines is 2. The van der Waals surface area contributed by atoms with Gasteiger partial charge in [0.15, 0.2) is 17.5 Å². The zero-order valence-corrected chi connectivity index (χ0v) is 14.3. The summed E-state index contributed by atoms with van der Waals surface area (Å²) in [6.45, 7) is 2.47. The number of carbonyl (C=O) groups is 1. The van der Waals surface area contributed by atoms with Gasteiger partial charge < -0.3 is 10.6 Å². The summed E-state index contributed by atoms with van der Waals surface area (Å²) in [5.41, 5.74) is 1.63. The van der Waals surface area contributed by atoms with Crippen molar-refractivity contribution in [3.8, 4) is 0 Å². The van der Waals surface area contributed by atoms with Crippen molar-refractivity contribution in [3.63, 3.8) is 0 Å². The third kappa shape index (κ3) is 4.22. The number of aromatic nitrogens is 2. The van der Waals surface area contributed by atoms with Crippen LogP contribution >= 0.6 is 0 Å². The monoisotopic (exact) mass is 372 g/mol. The van der Waals surface area contributed by atoms with E-state index in [1.54, 1.807) is 0 Å². The number of benzene rings is 2. The lowest BCUT2D eigenvalue weighted by Gasteiger charge is -2.10. The van der Waals surface area contributed by atoms with Crippen LogP contribution in [0.2, 0.25) is 0 Å². The predicted octanol–water partition coefficient (Wildman–Crippen LogP) is 4.07. The van der Waals surface area contributed by atoms with E-state index < -0.39 is 29.0 Å². The molecule has 3 aromatic rings. The molecule has 1 aromatic heterocycles. The topological polar surface area (TPSA) is 66.9 Å². The maximum Gasteiger partial charge on any atom is 0.274 e. The van der Waals surface area contributed by atoms with Crippen LogP contribution in [0.1, 0.15) is 21.6 Å². The molecule has 2 N–H and O–H groups in total. The van der Waals surface area contributed by atoms with Gasteiger partial charge >= 0.3 is 0 Å². The van der Waals surface area contributed by atoms with Crippen molar-refractivity contribution >= 4 is 17.4 Å². The Labute approximate surface area is 153 Å². The average molecular weight is 372 g/mol. The van der Waals surface area contributed by atoms with Gasteiger partial charge in [-0.25, -0.2) is 23.1 Å². The molecular weight excluding hydrogens is 357 g/mol. The van der Waals surface area contributed by atoms with Crippen LogP contribution in [-0.4, -0.2) is 15.9 Å². The highest BCUT2D eigenvalue weighted by molar-refractivity contribution is 6.03. The summed E-state index contributed by atoms with van der Waals surface area (Å²) < 4.78 is 39.9. The van der Waals surface area contributed by atoms with E-state index in [-0.39, 0.29) is 5.69 Å². The molecule has 0 atom stereocenters. The first-order valence-electron chi connectivity index (χ1n) is 8.01. The molecule has 0 aliphatic heterocycles. The van der Waals surface area contributed by atoms with Crippen LogP contribution in [0.15, 0.2) is 48.8 Å². The van der Waals surface area contributed by atoms with Gasteiger partial charge in [-0.2, -0.15) is 0 Å². The Kier molecular flexibility index (Phi) is 5.35. The second-order valence-electron chi connectivity index (χ2n) is 5.75. The third-order valence-electron chi connectivity index (χ3n) is 3.90. The SMILES string of the molecule is Cc1ccccc1CNc1cc(C(=O)Nc2ccc(F)c(F)c2F)ncn1. The second-order valence-corrected chi connectivity index (χ2v) is 5.75. The van der Waals surface area contributed by atoms with Crippen LogP contribution in [0, 0.1) is 24.4 Å². The van der Waals surface area contributed by atoms with Gasteiger partial charge in [-0.05, 0) is 30.2 Å². The minimum Gasteiger partial charge on any atom is -0.366 e. The molecule has 27 heavy (non-hydrogen) atoms. The lowest BCUT2D eigenvalue weighted by Crippen LogP contribution is -2.16. The number of carbonyl (C=O) groups excluding carboxylic acids is 1. The molecule has 0 aliphatic carbocycles. The molecule has 8 heteroatoms. The Morgan fingerprint density at radius 2 is 1.81 bits per heavy atom. The van der Waals surface area contributed by atoms with E-state index in [1.807, 2.05) is 31.2 Å². The van der Waals surface area contributed by atoms with Crippen LogP contribution in [0.25, 0.3) is 0 Å². The van der Waals surface area contributed by atoms with Crippen molar-refractivity contribution in [3.05, 3.63) is 83.1 Å². The second kappa shape index (κ2) is 7.86. The van der Waals surface area contributed by atoms with Gasteiger partial charge in [-0.15, -0.1) is 0 Å². The lowest BCUT2D eigenvalue weighted by atomic mass is 10.1. The maximum atomic E-state index is 13.7. The van der Waals surface area contributed by atoms with E-state index in [0.717, 1.165) is 23.3 Å². The molecule has 0 spiro atoms. The van der Waals surface area contributed by atoms with E-state index in [0.29, 0.717) is 12.4 Å². The van der Waals surface area contributed by atoms with E-state index in [4.69, 9.17) is 0 Å². The zero-order valence-electron chi connectivity index (χ0n) is 14.3. The standard InChI is InChI=1S/C19H15F3N4O/c1-11-4-2-3-5-12(11)9-23-16-8-15(24-10-25-16)19(27)26-14-7-6-13(20)17(21)18(14)22/h2-8,10H,9H2,1H3,(H,26,27)(H,23,24,25). The summed E-state index contributed by atoms with van der Waals surface area (Å²) in [7, 11) is 0. The number of halogens is 3. The first-order valence-corrected chi connectivity index (χ1v) is 8.01. The Morgan fingerprint density at radius 3 is 2.59 bits per heavy atom. The molecule has 1 amide bonds. The fourth-order valence-electron chi connectivity index (χ4n) is 2.38. The number of amides is 1. The van der Waals surface area contributed by atoms with Gasteiger partial charge in [0.25, 0.3) is 5.91 Å². The molecule has 0 saturated carbocycles. The maximum absolute atomic E-state index is 13.7. The first kappa shape index (κ1) is 18.4. The van der Waals surface area contributed by atoms with Crippen LogP contribution in [-0.2, 0) is 6.54 Å². The molecule has 0 fully saturated rings. The summed E-state index contributed by atoms with van der Waals surface area (Å²) >= 11 is 0. The fraction of sp³-hybridized carbons (Fsp3) is 0.105. The van der Waals surface area contributed by atoms with E-state index in [9.17, 15) is 18.0 Å². The molecule has 138 valence electrons. The number of nitrogens with one attached hydrogen (secondary N) is 2. The Bertz CT molecular complexity index is 994. The van der Waals surface area contributed by atoms with Gasteiger partial charge in [0.05, 0.1) is 5.69 Å². The molecule has 1 heterocycles. The van der Waals surface area contributed by atoms with Crippen molar-refractivity contribution in [1.82, 2.24) is 9.97 Å². The summed E-state index contributed by atoms with van der Waals surface area (Å²) in [6.07, 6.45) is 1.18. The first-order chi connectivity index (χ1) is 13.0. The summed E-state index contributed by atoms with van der Waals surface area (Å²) in [6, 6.07) is 10.8. The highest BCUT2D eigenvalue weighted by Crippen LogP contribution is 2.20. The van der Waals surface area contributed by atoms with Gasteiger partial charge in [0.2, 0.25) is 0 Å². The highest BCUT2D eigenvalue weighted by atomic mass is 19.2. The summed E-state index contributed by atoms with van der Waals surface area (Å²) in [5, 5.41) is 5.24. The molecule has 0 saturated heterocycles. The van der Waals surface area contributed by atoms with Gasteiger partial charge in [-0.3, -0.25) is 4.79 Å². The van der Waals surface area contributed by atoms with Gasteiger partial charge in [0, 0.05) is 12.6 Å². The molecule has 0 radical (unpaired) electrons.